The van der Waals surface area contributed by atoms with Crippen molar-refractivity contribution in [1.82, 2.24) is 15.3 Å². The summed E-state index contributed by atoms with van der Waals surface area (Å²) in [7, 11) is 0. The molecule has 0 bridgehead atoms. The molecule has 2 heterocycles. The van der Waals surface area contributed by atoms with Crippen LogP contribution in [-0.2, 0) is 6.61 Å². The lowest BCUT2D eigenvalue weighted by atomic mass is 9.93. The third-order valence-electron chi connectivity index (χ3n) is 4.05. The smallest absolute Gasteiger partial charge is 0.126 e. The molecule has 1 aliphatic rings. The monoisotopic (exact) mass is 319 g/mol. The van der Waals surface area contributed by atoms with Crippen molar-refractivity contribution < 1.29 is 5.11 Å². The van der Waals surface area contributed by atoms with Gasteiger partial charge in [-0.3, -0.25) is 0 Å². The third-order valence-corrected chi connectivity index (χ3v) is 4.05. The minimum absolute atomic E-state index is 0. The van der Waals surface area contributed by atoms with Gasteiger partial charge in [-0.2, -0.15) is 0 Å². The minimum atomic E-state index is 0. The fourth-order valence-corrected chi connectivity index (χ4v) is 2.85. The molecular weight excluding hydrogens is 298 g/mol. The Labute approximate surface area is 137 Å². The summed E-state index contributed by atoms with van der Waals surface area (Å²) in [6.45, 7) is 4.15. The summed E-state index contributed by atoms with van der Waals surface area (Å²) >= 11 is 0. The largest absolute Gasteiger partial charge is 0.392 e. The van der Waals surface area contributed by atoms with Gasteiger partial charge < -0.3 is 10.4 Å². The molecule has 118 valence electrons. The number of nitrogens with zero attached hydrogens (tertiary/aromatic N) is 2. The van der Waals surface area contributed by atoms with E-state index in [2.05, 4.69) is 21.4 Å². The van der Waals surface area contributed by atoms with Crippen molar-refractivity contribution in [2.45, 2.75) is 32.3 Å². The number of aromatic nitrogens is 2. The molecule has 0 saturated carbocycles. The maximum absolute atomic E-state index is 9.13. The summed E-state index contributed by atoms with van der Waals surface area (Å²) in [6.07, 6.45) is 2.28. The number of benzene rings is 1. The molecule has 1 aliphatic heterocycles. The highest BCUT2D eigenvalue weighted by atomic mass is 35.5. The Morgan fingerprint density at radius 1 is 1.14 bits per heavy atom. The first-order chi connectivity index (χ1) is 10.3. The van der Waals surface area contributed by atoms with E-state index in [9.17, 15) is 0 Å². The number of hydrogen-bond acceptors (Lipinski definition) is 4. The van der Waals surface area contributed by atoms with Crippen molar-refractivity contribution in [2.24, 2.45) is 0 Å². The van der Waals surface area contributed by atoms with Crippen LogP contribution in [0.3, 0.4) is 0 Å². The van der Waals surface area contributed by atoms with E-state index in [1.54, 1.807) is 0 Å². The number of aryl methyl sites for hydroxylation is 1. The second kappa shape index (κ2) is 7.68. The van der Waals surface area contributed by atoms with Gasteiger partial charge in [-0.1, -0.05) is 24.3 Å². The predicted molar refractivity (Wildman–Crippen MR) is 90.2 cm³/mol. The standard InChI is InChI=1S/C17H21N3O.ClH/c1-12-19-16(14-4-2-13(11-21)3-5-14)10-17(20-12)15-6-8-18-9-7-15;/h2-5,10,15,18,21H,6-9,11H2,1H3;1H. The normalized spacial score (nSPS) is 15.4. The van der Waals surface area contributed by atoms with Crippen molar-refractivity contribution in [2.75, 3.05) is 13.1 Å². The van der Waals surface area contributed by atoms with Crippen molar-refractivity contribution in [3.8, 4) is 11.3 Å². The predicted octanol–water partition coefficient (Wildman–Crippen LogP) is 2.83. The van der Waals surface area contributed by atoms with Crippen LogP contribution in [0.5, 0.6) is 0 Å². The number of aliphatic hydroxyl groups is 1. The second-order valence-corrected chi connectivity index (χ2v) is 5.60. The summed E-state index contributed by atoms with van der Waals surface area (Å²) in [6, 6.07) is 10.0. The Hall–Kier alpha value is -1.49. The van der Waals surface area contributed by atoms with Crippen LogP contribution in [0.15, 0.2) is 30.3 Å². The van der Waals surface area contributed by atoms with Crippen molar-refractivity contribution in [3.63, 3.8) is 0 Å². The first-order valence-electron chi connectivity index (χ1n) is 7.53. The van der Waals surface area contributed by atoms with E-state index >= 15 is 0 Å². The van der Waals surface area contributed by atoms with Gasteiger partial charge in [-0.15, -0.1) is 12.4 Å². The van der Waals surface area contributed by atoms with Gasteiger partial charge in [0, 0.05) is 17.2 Å². The number of rotatable bonds is 3. The minimum Gasteiger partial charge on any atom is -0.392 e. The van der Waals surface area contributed by atoms with Crippen LogP contribution in [0, 0.1) is 6.92 Å². The van der Waals surface area contributed by atoms with Gasteiger partial charge in [-0.05, 0) is 44.5 Å². The molecular formula is C17H22ClN3O. The fraction of sp³-hybridized carbons (Fsp3) is 0.412. The Bertz CT molecular complexity index is 610. The summed E-state index contributed by atoms with van der Waals surface area (Å²) in [5.74, 6) is 1.36. The van der Waals surface area contributed by atoms with Gasteiger partial charge >= 0.3 is 0 Å². The van der Waals surface area contributed by atoms with E-state index in [0.717, 1.165) is 54.3 Å². The summed E-state index contributed by atoms with van der Waals surface area (Å²) in [5.41, 5.74) is 4.13. The number of hydrogen-bond donors (Lipinski definition) is 2. The molecule has 2 aromatic rings. The second-order valence-electron chi connectivity index (χ2n) is 5.60. The average molecular weight is 320 g/mol. The maximum Gasteiger partial charge on any atom is 0.126 e. The van der Waals surface area contributed by atoms with E-state index in [0.29, 0.717) is 5.92 Å². The number of aliphatic hydroxyl groups excluding tert-OH is 1. The number of halogens is 1. The molecule has 22 heavy (non-hydrogen) atoms. The molecule has 0 spiro atoms. The Morgan fingerprint density at radius 2 is 1.82 bits per heavy atom. The molecule has 1 fully saturated rings. The highest BCUT2D eigenvalue weighted by Crippen LogP contribution is 2.27. The van der Waals surface area contributed by atoms with Crippen LogP contribution in [0.25, 0.3) is 11.3 Å². The highest BCUT2D eigenvalue weighted by molar-refractivity contribution is 5.85. The molecule has 0 atom stereocenters. The van der Waals surface area contributed by atoms with Crippen LogP contribution in [-0.4, -0.2) is 28.2 Å². The lowest BCUT2D eigenvalue weighted by Gasteiger charge is -2.22. The average Bonchev–Trinajstić information content (AvgIpc) is 2.55. The molecule has 1 saturated heterocycles. The van der Waals surface area contributed by atoms with Crippen LogP contribution in [0.4, 0.5) is 0 Å². The van der Waals surface area contributed by atoms with Gasteiger partial charge in [0.05, 0.1) is 12.3 Å². The zero-order valence-corrected chi connectivity index (χ0v) is 13.6. The lowest BCUT2D eigenvalue weighted by molar-refractivity contribution is 0.282. The fourth-order valence-electron chi connectivity index (χ4n) is 2.85. The quantitative estimate of drug-likeness (QED) is 0.913. The van der Waals surface area contributed by atoms with Gasteiger partial charge in [0.2, 0.25) is 0 Å². The third kappa shape index (κ3) is 3.83. The summed E-state index contributed by atoms with van der Waals surface area (Å²) in [4.78, 5) is 9.20. The Morgan fingerprint density at radius 3 is 2.45 bits per heavy atom. The molecule has 0 amide bonds. The van der Waals surface area contributed by atoms with E-state index in [-0.39, 0.29) is 19.0 Å². The summed E-state index contributed by atoms with van der Waals surface area (Å²) in [5, 5.41) is 12.5. The topological polar surface area (TPSA) is 58.0 Å². The highest BCUT2D eigenvalue weighted by Gasteiger charge is 2.18. The number of nitrogens with one attached hydrogen (secondary N) is 1. The van der Waals surface area contributed by atoms with Crippen LogP contribution >= 0.6 is 12.4 Å². The first kappa shape index (κ1) is 16.9. The molecule has 0 aliphatic carbocycles. The number of piperidine rings is 1. The molecule has 1 aromatic heterocycles. The molecule has 3 rings (SSSR count). The molecule has 5 heteroatoms. The van der Waals surface area contributed by atoms with Gasteiger partial charge in [0.1, 0.15) is 5.82 Å². The van der Waals surface area contributed by atoms with Crippen molar-refractivity contribution in [3.05, 3.63) is 47.4 Å². The van der Waals surface area contributed by atoms with E-state index in [1.807, 2.05) is 31.2 Å². The maximum atomic E-state index is 9.13. The van der Waals surface area contributed by atoms with Crippen LogP contribution in [0.2, 0.25) is 0 Å². The Balaban J connectivity index is 0.00000176. The van der Waals surface area contributed by atoms with Gasteiger partial charge in [0.25, 0.3) is 0 Å². The molecule has 2 N–H and O–H groups in total. The Kier molecular flexibility index (Phi) is 5.89. The molecule has 1 aromatic carbocycles. The van der Waals surface area contributed by atoms with Crippen LogP contribution in [0.1, 0.15) is 35.8 Å². The van der Waals surface area contributed by atoms with E-state index in [4.69, 9.17) is 5.11 Å². The SMILES string of the molecule is Cc1nc(-c2ccc(CO)cc2)cc(C2CCNCC2)n1.Cl. The summed E-state index contributed by atoms with van der Waals surface area (Å²) < 4.78 is 0. The van der Waals surface area contributed by atoms with Gasteiger partial charge in [0.15, 0.2) is 0 Å². The molecule has 4 nitrogen and oxygen atoms in total. The first-order valence-corrected chi connectivity index (χ1v) is 7.53. The molecule has 0 radical (unpaired) electrons. The van der Waals surface area contributed by atoms with E-state index < -0.39 is 0 Å². The van der Waals surface area contributed by atoms with E-state index in [1.165, 1.54) is 0 Å². The van der Waals surface area contributed by atoms with Crippen molar-refractivity contribution in [1.29, 1.82) is 0 Å². The molecule has 0 unspecified atom stereocenters. The zero-order chi connectivity index (χ0) is 14.7. The van der Waals surface area contributed by atoms with Gasteiger partial charge in [-0.25, -0.2) is 9.97 Å². The lowest BCUT2D eigenvalue weighted by Crippen LogP contribution is -2.27. The van der Waals surface area contributed by atoms with Crippen molar-refractivity contribution >= 4 is 12.4 Å². The van der Waals surface area contributed by atoms with Crippen LogP contribution < -0.4 is 5.32 Å². The zero-order valence-electron chi connectivity index (χ0n) is 12.7.